The fourth-order valence-electron chi connectivity index (χ4n) is 1.52. The second kappa shape index (κ2) is 6.55. The lowest BCUT2D eigenvalue weighted by Gasteiger charge is -2.23. The lowest BCUT2D eigenvalue weighted by atomic mass is 10.1. The second-order valence-electron chi connectivity index (χ2n) is 5.03. The smallest absolute Gasteiger partial charge is 0.125 e. The van der Waals surface area contributed by atoms with Crippen molar-refractivity contribution in [1.29, 1.82) is 0 Å². The molecule has 0 bridgehead atoms. The summed E-state index contributed by atoms with van der Waals surface area (Å²) in [5, 5.41) is 0. The van der Waals surface area contributed by atoms with Crippen LogP contribution >= 0.6 is 15.9 Å². The first-order chi connectivity index (χ1) is 8.35. The van der Waals surface area contributed by atoms with E-state index in [1.165, 1.54) is 0 Å². The van der Waals surface area contributed by atoms with E-state index < -0.39 is 0 Å². The Morgan fingerprint density at radius 2 is 2.06 bits per heavy atom. The van der Waals surface area contributed by atoms with Gasteiger partial charge < -0.3 is 15.2 Å². The van der Waals surface area contributed by atoms with E-state index in [-0.39, 0.29) is 11.6 Å². The van der Waals surface area contributed by atoms with E-state index in [0.717, 1.165) is 22.2 Å². The standard InChI is InChI=1S/C14H22BrNO2/c1-10(16)12-6-5-11(15)9-13(12)18-8-7-14(2,3)17-4/h5-6,9-10H,7-8,16H2,1-4H3/t10-/m1/s1. The molecule has 0 aliphatic heterocycles. The summed E-state index contributed by atoms with van der Waals surface area (Å²) in [7, 11) is 1.71. The number of methoxy groups -OCH3 is 1. The average Bonchev–Trinajstić information content (AvgIpc) is 2.28. The maximum atomic E-state index is 5.93. The fraction of sp³-hybridized carbons (Fsp3) is 0.571. The molecule has 0 fully saturated rings. The first-order valence-corrected chi connectivity index (χ1v) is 6.88. The molecule has 0 aliphatic rings. The molecule has 0 unspecified atom stereocenters. The third-order valence-corrected chi connectivity index (χ3v) is 3.47. The third-order valence-electron chi connectivity index (χ3n) is 2.98. The van der Waals surface area contributed by atoms with E-state index in [1.807, 2.05) is 39.0 Å². The van der Waals surface area contributed by atoms with Gasteiger partial charge in [0.05, 0.1) is 12.2 Å². The van der Waals surface area contributed by atoms with Crippen molar-refractivity contribution in [1.82, 2.24) is 0 Å². The molecule has 4 heteroatoms. The Bertz CT molecular complexity index is 391. The zero-order chi connectivity index (χ0) is 13.8. The van der Waals surface area contributed by atoms with Crippen molar-refractivity contribution < 1.29 is 9.47 Å². The summed E-state index contributed by atoms with van der Waals surface area (Å²) in [5.41, 5.74) is 6.78. The summed E-state index contributed by atoms with van der Waals surface area (Å²) >= 11 is 3.44. The second-order valence-corrected chi connectivity index (χ2v) is 5.95. The van der Waals surface area contributed by atoms with Crippen molar-refractivity contribution in [3.05, 3.63) is 28.2 Å². The molecule has 0 saturated carbocycles. The van der Waals surface area contributed by atoms with Crippen LogP contribution in [0.1, 0.15) is 38.8 Å². The van der Waals surface area contributed by atoms with Crippen molar-refractivity contribution in [2.45, 2.75) is 38.8 Å². The van der Waals surface area contributed by atoms with Crippen molar-refractivity contribution in [3.8, 4) is 5.75 Å². The normalized spacial score (nSPS) is 13.4. The van der Waals surface area contributed by atoms with Crippen LogP contribution in [0.25, 0.3) is 0 Å². The Labute approximate surface area is 118 Å². The van der Waals surface area contributed by atoms with E-state index in [1.54, 1.807) is 7.11 Å². The molecule has 1 aromatic carbocycles. The predicted octanol–water partition coefficient (Wildman–Crippen LogP) is 3.66. The maximum absolute atomic E-state index is 5.93. The highest BCUT2D eigenvalue weighted by molar-refractivity contribution is 9.10. The lowest BCUT2D eigenvalue weighted by molar-refractivity contribution is 0.00536. The Kier molecular flexibility index (Phi) is 5.63. The van der Waals surface area contributed by atoms with Crippen molar-refractivity contribution in [2.24, 2.45) is 5.73 Å². The molecular formula is C14H22BrNO2. The number of rotatable bonds is 6. The van der Waals surface area contributed by atoms with Gasteiger partial charge in [0.25, 0.3) is 0 Å². The molecule has 0 aromatic heterocycles. The minimum absolute atomic E-state index is 0.0384. The van der Waals surface area contributed by atoms with Gasteiger partial charge >= 0.3 is 0 Å². The number of benzene rings is 1. The Morgan fingerprint density at radius 3 is 2.61 bits per heavy atom. The average molecular weight is 316 g/mol. The van der Waals surface area contributed by atoms with Gasteiger partial charge in [-0.15, -0.1) is 0 Å². The minimum atomic E-state index is -0.166. The maximum Gasteiger partial charge on any atom is 0.125 e. The number of hydrogen-bond acceptors (Lipinski definition) is 3. The summed E-state index contributed by atoms with van der Waals surface area (Å²) in [5.74, 6) is 0.839. The summed E-state index contributed by atoms with van der Waals surface area (Å²) < 4.78 is 12.2. The molecule has 102 valence electrons. The molecule has 0 spiro atoms. The highest BCUT2D eigenvalue weighted by Gasteiger charge is 2.17. The highest BCUT2D eigenvalue weighted by atomic mass is 79.9. The molecule has 1 aromatic rings. The van der Waals surface area contributed by atoms with Crippen LogP contribution in [0.2, 0.25) is 0 Å². The van der Waals surface area contributed by atoms with Gasteiger partial charge in [0.2, 0.25) is 0 Å². The number of hydrogen-bond donors (Lipinski definition) is 1. The molecule has 18 heavy (non-hydrogen) atoms. The summed E-state index contributed by atoms with van der Waals surface area (Å²) in [4.78, 5) is 0. The Morgan fingerprint density at radius 1 is 1.39 bits per heavy atom. The molecule has 3 nitrogen and oxygen atoms in total. The zero-order valence-electron chi connectivity index (χ0n) is 11.5. The summed E-state index contributed by atoms with van der Waals surface area (Å²) in [6.45, 7) is 6.65. The van der Waals surface area contributed by atoms with Crippen LogP contribution < -0.4 is 10.5 Å². The molecule has 1 atom stereocenters. The molecular weight excluding hydrogens is 294 g/mol. The summed E-state index contributed by atoms with van der Waals surface area (Å²) in [6, 6.07) is 5.89. The van der Waals surface area contributed by atoms with Gasteiger partial charge in [-0.05, 0) is 32.9 Å². The zero-order valence-corrected chi connectivity index (χ0v) is 13.1. The third kappa shape index (κ3) is 4.59. The van der Waals surface area contributed by atoms with Crippen LogP contribution in [0.5, 0.6) is 5.75 Å². The predicted molar refractivity (Wildman–Crippen MR) is 77.9 cm³/mol. The molecule has 0 amide bonds. The topological polar surface area (TPSA) is 44.5 Å². The van der Waals surface area contributed by atoms with E-state index in [4.69, 9.17) is 15.2 Å². The van der Waals surface area contributed by atoms with Gasteiger partial charge in [-0.3, -0.25) is 0 Å². The molecule has 0 heterocycles. The van der Waals surface area contributed by atoms with E-state index >= 15 is 0 Å². The molecule has 1 rings (SSSR count). The largest absolute Gasteiger partial charge is 0.493 e. The van der Waals surface area contributed by atoms with Crippen LogP contribution in [0.15, 0.2) is 22.7 Å². The van der Waals surface area contributed by atoms with Gasteiger partial charge in [-0.1, -0.05) is 22.0 Å². The van der Waals surface area contributed by atoms with Crippen LogP contribution in [0, 0.1) is 0 Å². The van der Waals surface area contributed by atoms with Gasteiger partial charge in [0.15, 0.2) is 0 Å². The minimum Gasteiger partial charge on any atom is -0.493 e. The monoisotopic (exact) mass is 315 g/mol. The SMILES string of the molecule is COC(C)(C)CCOc1cc(Br)ccc1[C@@H](C)N. The highest BCUT2D eigenvalue weighted by Crippen LogP contribution is 2.28. The van der Waals surface area contributed by atoms with Gasteiger partial charge in [-0.25, -0.2) is 0 Å². The van der Waals surface area contributed by atoms with Gasteiger partial charge in [0, 0.05) is 29.6 Å². The first kappa shape index (κ1) is 15.5. The first-order valence-electron chi connectivity index (χ1n) is 6.09. The number of halogens is 1. The Hall–Kier alpha value is -0.580. The molecule has 0 radical (unpaired) electrons. The van der Waals surface area contributed by atoms with E-state index in [0.29, 0.717) is 6.61 Å². The molecule has 2 N–H and O–H groups in total. The van der Waals surface area contributed by atoms with Gasteiger partial charge in [-0.2, -0.15) is 0 Å². The molecule has 0 aliphatic carbocycles. The lowest BCUT2D eigenvalue weighted by Crippen LogP contribution is -2.25. The number of nitrogens with two attached hydrogens (primary N) is 1. The van der Waals surface area contributed by atoms with Crippen LogP contribution in [-0.4, -0.2) is 19.3 Å². The van der Waals surface area contributed by atoms with Crippen molar-refractivity contribution >= 4 is 15.9 Å². The number of ether oxygens (including phenoxy) is 2. The quantitative estimate of drug-likeness (QED) is 0.871. The van der Waals surface area contributed by atoms with Crippen LogP contribution in [-0.2, 0) is 4.74 Å². The van der Waals surface area contributed by atoms with Crippen molar-refractivity contribution in [2.75, 3.05) is 13.7 Å². The summed E-state index contributed by atoms with van der Waals surface area (Å²) in [6.07, 6.45) is 0.828. The Balaban J connectivity index is 2.69. The van der Waals surface area contributed by atoms with E-state index in [9.17, 15) is 0 Å². The van der Waals surface area contributed by atoms with Crippen molar-refractivity contribution in [3.63, 3.8) is 0 Å². The fourth-order valence-corrected chi connectivity index (χ4v) is 1.86. The van der Waals surface area contributed by atoms with E-state index in [2.05, 4.69) is 15.9 Å². The molecule has 0 saturated heterocycles. The van der Waals surface area contributed by atoms with Crippen LogP contribution in [0.4, 0.5) is 0 Å². The van der Waals surface area contributed by atoms with Crippen LogP contribution in [0.3, 0.4) is 0 Å². The van der Waals surface area contributed by atoms with Gasteiger partial charge in [0.1, 0.15) is 5.75 Å².